The molecule has 6 nitrogen and oxygen atoms in total. The average Bonchev–Trinajstić information content (AvgIpc) is 2.66. The van der Waals surface area contributed by atoms with Gasteiger partial charge < -0.3 is 4.74 Å². The predicted molar refractivity (Wildman–Crippen MR) is 98.7 cm³/mol. The summed E-state index contributed by atoms with van der Waals surface area (Å²) in [6, 6.07) is 13.1. The zero-order valence-corrected chi connectivity index (χ0v) is 14.1. The minimum absolute atomic E-state index is 0.0668. The standard InChI is InChI=1S/C20H16N2O4/c1-2-26-20(23)21-17(13-11-15-7-3-5-9-18(15)21)14-12-16-8-4-6-10-19(16)22(24)25/h3-11,13,17H,2H2,1H3/t17-/m0/s1. The highest BCUT2D eigenvalue weighted by Crippen LogP contribution is 2.29. The van der Waals surface area contributed by atoms with Gasteiger partial charge in [-0.15, -0.1) is 0 Å². The van der Waals surface area contributed by atoms with Gasteiger partial charge in [-0.1, -0.05) is 48.2 Å². The van der Waals surface area contributed by atoms with Crippen LogP contribution < -0.4 is 4.90 Å². The first-order valence-corrected chi connectivity index (χ1v) is 8.10. The number of nitro groups is 1. The van der Waals surface area contributed by atoms with E-state index in [0.29, 0.717) is 11.3 Å². The fraction of sp³-hybridized carbons (Fsp3) is 0.150. The third-order valence-electron chi connectivity index (χ3n) is 3.85. The summed E-state index contributed by atoms with van der Waals surface area (Å²) in [5.41, 5.74) is 1.80. The maximum Gasteiger partial charge on any atom is 0.415 e. The number of amides is 1. The Balaban J connectivity index is 2.00. The van der Waals surface area contributed by atoms with Crippen molar-refractivity contribution in [2.24, 2.45) is 0 Å². The zero-order chi connectivity index (χ0) is 18.5. The molecule has 1 aliphatic heterocycles. The molecule has 0 bridgehead atoms. The number of ether oxygens (including phenoxy) is 1. The first-order chi connectivity index (χ1) is 12.6. The van der Waals surface area contributed by atoms with E-state index >= 15 is 0 Å². The number of para-hydroxylation sites is 2. The van der Waals surface area contributed by atoms with E-state index in [1.54, 1.807) is 31.2 Å². The second-order valence-electron chi connectivity index (χ2n) is 5.48. The number of fused-ring (bicyclic) bond motifs is 1. The molecule has 0 N–H and O–H groups in total. The van der Waals surface area contributed by atoms with E-state index in [-0.39, 0.29) is 12.3 Å². The van der Waals surface area contributed by atoms with Gasteiger partial charge in [0, 0.05) is 6.07 Å². The van der Waals surface area contributed by atoms with Gasteiger partial charge in [0.25, 0.3) is 5.69 Å². The lowest BCUT2D eigenvalue weighted by Gasteiger charge is -2.30. The highest BCUT2D eigenvalue weighted by Gasteiger charge is 2.28. The van der Waals surface area contributed by atoms with Gasteiger partial charge >= 0.3 is 6.09 Å². The van der Waals surface area contributed by atoms with Crippen LogP contribution in [0, 0.1) is 22.0 Å². The van der Waals surface area contributed by atoms with E-state index in [2.05, 4.69) is 11.8 Å². The monoisotopic (exact) mass is 348 g/mol. The van der Waals surface area contributed by atoms with E-state index in [4.69, 9.17) is 4.74 Å². The van der Waals surface area contributed by atoms with Gasteiger partial charge in [-0.3, -0.25) is 15.0 Å². The van der Waals surface area contributed by atoms with Crippen LogP contribution in [0.25, 0.3) is 6.08 Å². The molecule has 0 spiro atoms. The van der Waals surface area contributed by atoms with Crippen LogP contribution in [0.1, 0.15) is 18.1 Å². The number of hydrogen-bond acceptors (Lipinski definition) is 4. The quantitative estimate of drug-likeness (QED) is 0.467. The molecule has 0 aliphatic carbocycles. The van der Waals surface area contributed by atoms with E-state index < -0.39 is 17.1 Å². The number of nitrogens with zero attached hydrogens (tertiary/aromatic N) is 2. The third kappa shape index (κ3) is 3.42. The molecule has 26 heavy (non-hydrogen) atoms. The lowest BCUT2D eigenvalue weighted by atomic mass is 10.0. The van der Waals surface area contributed by atoms with Gasteiger partial charge in [0.15, 0.2) is 0 Å². The van der Waals surface area contributed by atoms with Crippen LogP contribution in [0.5, 0.6) is 0 Å². The molecule has 0 aromatic heterocycles. The molecule has 6 heteroatoms. The van der Waals surface area contributed by atoms with Gasteiger partial charge in [0.1, 0.15) is 11.6 Å². The second-order valence-corrected chi connectivity index (χ2v) is 5.48. The Morgan fingerprint density at radius 1 is 1.23 bits per heavy atom. The van der Waals surface area contributed by atoms with Crippen molar-refractivity contribution in [1.29, 1.82) is 0 Å². The minimum atomic E-state index is -0.580. The second kappa shape index (κ2) is 7.53. The topological polar surface area (TPSA) is 72.7 Å². The highest BCUT2D eigenvalue weighted by molar-refractivity contribution is 5.94. The van der Waals surface area contributed by atoms with Gasteiger partial charge in [-0.05, 0) is 30.7 Å². The first-order valence-electron chi connectivity index (χ1n) is 8.10. The summed E-state index contributed by atoms with van der Waals surface area (Å²) in [7, 11) is 0. The van der Waals surface area contributed by atoms with Crippen LogP contribution in [0.15, 0.2) is 54.6 Å². The van der Waals surface area contributed by atoms with Crippen LogP contribution >= 0.6 is 0 Å². The maximum atomic E-state index is 12.5. The molecular weight excluding hydrogens is 332 g/mol. The normalized spacial score (nSPS) is 14.8. The number of rotatable bonds is 2. The number of carbonyl (C=O) groups is 1. The molecular formula is C20H16N2O4. The molecule has 0 unspecified atom stereocenters. The van der Waals surface area contributed by atoms with Crippen LogP contribution in [-0.4, -0.2) is 23.7 Å². The van der Waals surface area contributed by atoms with Crippen molar-refractivity contribution >= 4 is 23.5 Å². The largest absolute Gasteiger partial charge is 0.449 e. The summed E-state index contributed by atoms with van der Waals surface area (Å²) in [5.74, 6) is 5.78. The Morgan fingerprint density at radius 2 is 1.96 bits per heavy atom. The number of carbonyl (C=O) groups excluding carboxylic acids is 1. The van der Waals surface area contributed by atoms with Crippen molar-refractivity contribution in [1.82, 2.24) is 0 Å². The van der Waals surface area contributed by atoms with E-state index in [9.17, 15) is 14.9 Å². The van der Waals surface area contributed by atoms with Crippen LogP contribution in [-0.2, 0) is 4.74 Å². The summed E-state index contributed by atoms with van der Waals surface area (Å²) in [6.45, 7) is 1.98. The molecule has 1 aliphatic rings. The molecule has 0 saturated carbocycles. The van der Waals surface area contributed by atoms with Crippen molar-refractivity contribution in [3.8, 4) is 11.8 Å². The molecule has 0 radical (unpaired) electrons. The Kier molecular flexibility index (Phi) is 4.99. The summed E-state index contributed by atoms with van der Waals surface area (Å²) >= 11 is 0. The molecule has 0 saturated heterocycles. The molecule has 1 amide bonds. The van der Waals surface area contributed by atoms with Crippen molar-refractivity contribution in [2.75, 3.05) is 11.5 Å². The predicted octanol–water partition coefficient (Wildman–Crippen LogP) is 4.00. The lowest BCUT2D eigenvalue weighted by Crippen LogP contribution is -2.41. The number of anilines is 1. The lowest BCUT2D eigenvalue weighted by molar-refractivity contribution is -0.385. The smallest absolute Gasteiger partial charge is 0.415 e. The molecule has 1 atom stereocenters. The summed E-state index contributed by atoms with van der Waals surface area (Å²) in [6.07, 6.45) is 3.15. The average molecular weight is 348 g/mol. The van der Waals surface area contributed by atoms with Crippen molar-refractivity contribution in [3.05, 3.63) is 75.8 Å². The van der Waals surface area contributed by atoms with E-state index in [0.717, 1.165) is 5.56 Å². The van der Waals surface area contributed by atoms with E-state index in [1.807, 2.05) is 30.3 Å². The zero-order valence-electron chi connectivity index (χ0n) is 14.1. The molecule has 3 rings (SSSR count). The molecule has 2 aromatic rings. The molecule has 1 heterocycles. The van der Waals surface area contributed by atoms with Gasteiger partial charge in [0.2, 0.25) is 0 Å². The molecule has 130 valence electrons. The van der Waals surface area contributed by atoms with Crippen LogP contribution in [0.2, 0.25) is 0 Å². The fourth-order valence-corrected chi connectivity index (χ4v) is 2.69. The SMILES string of the molecule is CCOC(=O)N1c2ccccc2C=C[C@H]1C#Cc1ccccc1[N+](=O)[O-]. The Bertz CT molecular complexity index is 940. The first kappa shape index (κ1) is 17.2. The number of hydrogen-bond donors (Lipinski definition) is 0. The summed E-state index contributed by atoms with van der Waals surface area (Å²) < 4.78 is 5.16. The van der Waals surface area contributed by atoms with Crippen LogP contribution in [0.3, 0.4) is 0 Å². The third-order valence-corrected chi connectivity index (χ3v) is 3.85. The van der Waals surface area contributed by atoms with E-state index in [1.165, 1.54) is 11.0 Å². The highest BCUT2D eigenvalue weighted by atomic mass is 16.6. The molecule has 2 aromatic carbocycles. The van der Waals surface area contributed by atoms with Crippen molar-refractivity contribution in [3.63, 3.8) is 0 Å². The summed E-state index contributed by atoms with van der Waals surface area (Å²) in [5, 5.41) is 11.1. The fourth-order valence-electron chi connectivity index (χ4n) is 2.69. The minimum Gasteiger partial charge on any atom is -0.449 e. The Labute approximate surface area is 150 Å². The van der Waals surface area contributed by atoms with Gasteiger partial charge in [-0.2, -0.15) is 0 Å². The Hall–Kier alpha value is -3.59. The van der Waals surface area contributed by atoms with Gasteiger partial charge in [-0.25, -0.2) is 4.79 Å². The van der Waals surface area contributed by atoms with Crippen molar-refractivity contribution in [2.45, 2.75) is 13.0 Å². The molecule has 0 fully saturated rings. The van der Waals surface area contributed by atoms with Gasteiger partial charge in [0.05, 0.1) is 17.2 Å². The van der Waals surface area contributed by atoms with Crippen molar-refractivity contribution < 1.29 is 14.5 Å². The number of benzene rings is 2. The Morgan fingerprint density at radius 3 is 2.73 bits per heavy atom. The summed E-state index contributed by atoms with van der Waals surface area (Å²) in [4.78, 5) is 24.6. The maximum absolute atomic E-state index is 12.5. The van der Waals surface area contributed by atoms with Crippen LogP contribution in [0.4, 0.5) is 16.2 Å². The number of nitro benzene ring substituents is 1.